The average Bonchev–Trinajstić information content (AvgIpc) is 2.79. The Labute approximate surface area is 98.5 Å². The normalized spacial score (nSPS) is 10.3. The van der Waals surface area contributed by atoms with Gasteiger partial charge >= 0.3 is 0 Å². The highest BCUT2D eigenvalue weighted by atomic mass is 35.5. The molecule has 0 aliphatic rings. The van der Waals surface area contributed by atoms with E-state index in [9.17, 15) is 0 Å². The molecule has 0 bridgehead atoms. The van der Waals surface area contributed by atoms with Crippen LogP contribution in [0, 0.1) is 0 Å². The Morgan fingerprint density at radius 1 is 1.25 bits per heavy atom. The molecule has 1 N–H and O–H groups in total. The molecule has 0 aromatic carbocycles. The van der Waals surface area contributed by atoms with Crippen LogP contribution < -0.4 is 5.32 Å². The Hall–Kier alpha value is -1.62. The van der Waals surface area contributed by atoms with E-state index in [1.807, 2.05) is 10.8 Å². The zero-order chi connectivity index (χ0) is 11.2. The maximum Gasteiger partial charge on any atom is 0.171 e. The summed E-state index contributed by atoms with van der Waals surface area (Å²) >= 11 is 5.85. The van der Waals surface area contributed by atoms with Crippen molar-refractivity contribution >= 4 is 17.4 Å². The van der Waals surface area contributed by atoms with E-state index >= 15 is 0 Å². The van der Waals surface area contributed by atoms with Gasteiger partial charge in [0.2, 0.25) is 0 Å². The quantitative estimate of drug-likeness (QED) is 0.807. The number of aryl methyl sites for hydroxylation is 1. The van der Waals surface area contributed by atoms with Crippen molar-refractivity contribution < 1.29 is 0 Å². The van der Waals surface area contributed by atoms with Crippen molar-refractivity contribution in [2.24, 2.45) is 0 Å². The van der Waals surface area contributed by atoms with Crippen LogP contribution in [0.2, 0.25) is 5.15 Å². The van der Waals surface area contributed by atoms with Gasteiger partial charge in [-0.15, -0.1) is 0 Å². The number of anilines is 1. The number of halogens is 1. The molecule has 0 saturated heterocycles. The highest BCUT2D eigenvalue weighted by Gasteiger charge is 1.99. The lowest BCUT2D eigenvalue weighted by Crippen LogP contribution is -2.07. The zero-order valence-electron chi connectivity index (χ0n) is 8.67. The van der Waals surface area contributed by atoms with E-state index in [4.69, 9.17) is 11.6 Å². The Morgan fingerprint density at radius 3 is 2.88 bits per heavy atom. The zero-order valence-corrected chi connectivity index (χ0v) is 9.43. The van der Waals surface area contributed by atoms with Gasteiger partial charge in [-0.05, 0) is 6.42 Å². The molecule has 0 radical (unpaired) electrons. The molecule has 0 unspecified atom stereocenters. The minimum absolute atomic E-state index is 0.408. The molecular weight excluding hydrogens is 226 g/mol. The van der Waals surface area contributed by atoms with Crippen molar-refractivity contribution in [1.29, 1.82) is 0 Å². The molecule has 5 nitrogen and oxygen atoms in total. The molecule has 0 fully saturated rings. The first-order chi connectivity index (χ1) is 7.86. The second-order valence-electron chi connectivity index (χ2n) is 3.28. The van der Waals surface area contributed by atoms with Crippen LogP contribution >= 0.6 is 11.6 Å². The maximum absolute atomic E-state index is 5.85. The number of hydrogen-bond acceptors (Lipinski definition) is 4. The van der Waals surface area contributed by atoms with Gasteiger partial charge in [0.25, 0.3) is 0 Å². The average molecular weight is 238 g/mol. The van der Waals surface area contributed by atoms with Gasteiger partial charge in [0.1, 0.15) is 0 Å². The summed E-state index contributed by atoms with van der Waals surface area (Å²) in [5.41, 5.74) is 0. The molecule has 2 heterocycles. The fraction of sp³-hybridized carbons (Fsp3) is 0.300. The molecule has 6 heteroatoms. The Morgan fingerprint density at radius 2 is 2.12 bits per heavy atom. The molecule has 0 spiro atoms. The van der Waals surface area contributed by atoms with Crippen LogP contribution in [0.4, 0.5) is 5.82 Å². The van der Waals surface area contributed by atoms with Crippen LogP contribution in [0.15, 0.2) is 31.1 Å². The van der Waals surface area contributed by atoms with Gasteiger partial charge in [-0.3, -0.25) is 0 Å². The highest BCUT2D eigenvalue weighted by Crippen LogP contribution is 2.13. The van der Waals surface area contributed by atoms with Gasteiger partial charge in [-0.1, -0.05) is 11.6 Å². The van der Waals surface area contributed by atoms with E-state index < -0.39 is 0 Å². The number of aromatic nitrogens is 4. The topological polar surface area (TPSA) is 55.6 Å². The van der Waals surface area contributed by atoms with Gasteiger partial charge in [-0.2, -0.15) is 0 Å². The van der Waals surface area contributed by atoms with Crippen molar-refractivity contribution in [1.82, 2.24) is 19.5 Å². The summed E-state index contributed by atoms with van der Waals surface area (Å²) in [6, 6.07) is 0. The molecule has 16 heavy (non-hydrogen) atoms. The summed E-state index contributed by atoms with van der Waals surface area (Å²) in [6.45, 7) is 1.72. The van der Waals surface area contributed by atoms with E-state index in [0.717, 1.165) is 19.5 Å². The van der Waals surface area contributed by atoms with Crippen LogP contribution in [0.25, 0.3) is 0 Å². The lowest BCUT2D eigenvalue weighted by atomic mass is 10.4. The molecule has 0 amide bonds. The third-order valence-electron chi connectivity index (χ3n) is 2.10. The van der Waals surface area contributed by atoms with E-state index in [1.165, 1.54) is 0 Å². The largest absolute Gasteiger partial charge is 0.367 e. The van der Waals surface area contributed by atoms with Crippen LogP contribution in [0.5, 0.6) is 0 Å². The Bertz CT molecular complexity index is 429. The minimum Gasteiger partial charge on any atom is -0.367 e. The SMILES string of the molecule is Clc1nccnc1NCCCn1ccnc1. The Kier molecular flexibility index (Phi) is 3.71. The smallest absolute Gasteiger partial charge is 0.171 e. The lowest BCUT2D eigenvalue weighted by Gasteiger charge is -2.06. The highest BCUT2D eigenvalue weighted by molar-refractivity contribution is 6.31. The molecule has 2 rings (SSSR count). The standard InChI is InChI=1S/C10H12ClN5/c11-9-10(15-4-3-13-9)14-2-1-6-16-7-5-12-8-16/h3-5,7-8H,1-2,6H2,(H,14,15). The molecule has 0 aliphatic carbocycles. The second kappa shape index (κ2) is 5.46. The summed E-state index contributed by atoms with van der Waals surface area (Å²) in [4.78, 5) is 12.0. The first-order valence-electron chi connectivity index (χ1n) is 5.02. The van der Waals surface area contributed by atoms with E-state index in [0.29, 0.717) is 11.0 Å². The fourth-order valence-corrected chi connectivity index (χ4v) is 1.50. The number of rotatable bonds is 5. The second-order valence-corrected chi connectivity index (χ2v) is 3.63. The van der Waals surface area contributed by atoms with Gasteiger partial charge < -0.3 is 9.88 Å². The summed E-state index contributed by atoms with van der Waals surface area (Å²) in [5, 5.41) is 3.54. The van der Waals surface area contributed by atoms with Crippen LogP contribution in [-0.4, -0.2) is 26.1 Å². The number of nitrogens with zero attached hydrogens (tertiary/aromatic N) is 4. The van der Waals surface area contributed by atoms with Gasteiger partial charge in [0, 0.05) is 37.9 Å². The summed E-state index contributed by atoms with van der Waals surface area (Å²) in [5.74, 6) is 0.634. The summed E-state index contributed by atoms with van der Waals surface area (Å²) < 4.78 is 2.03. The van der Waals surface area contributed by atoms with E-state index in [-0.39, 0.29) is 0 Å². The van der Waals surface area contributed by atoms with Crippen molar-refractivity contribution in [3.05, 3.63) is 36.3 Å². The predicted octanol–water partition coefficient (Wildman–Crippen LogP) is 1.83. The number of hydrogen-bond donors (Lipinski definition) is 1. The number of nitrogens with one attached hydrogen (secondary N) is 1. The van der Waals surface area contributed by atoms with Crippen molar-refractivity contribution in [3.63, 3.8) is 0 Å². The summed E-state index contributed by atoms with van der Waals surface area (Å²) in [6.07, 6.45) is 9.67. The van der Waals surface area contributed by atoms with Crippen LogP contribution in [0.1, 0.15) is 6.42 Å². The molecule has 0 aliphatic heterocycles. The van der Waals surface area contributed by atoms with Gasteiger partial charge in [-0.25, -0.2) is 15.0 Å². The Balaban J connectivity index is 1.74. The first-order valence-corrected chi connectivity index (χ1v) is 5.40. The monoisotopic (exact) mass is 237 g/mol. The van der Waals surface area contributed by atoms with Crippen molar-refractivity contribution in [2.45, 2.75) is 13.0 Å². The third-order valence-corrected chi connectivity index (χ3v) is 2.37. The summed E-state index contributed by atoms with van der Waals surface area (Å²) in [7, 11) is 0. The first kappa shape index (κ1) is 10.9. The predicted molar refractivity (Wildman–Crippen MR) is 62.4 cm³/mol. The van der Waals surface area contributed by atoms with Crippen LogP contribution in [-0.2, 0) is 6.54 Å². The van der Waals surface area contributed by atoms with Crippen molar-refractivity contribution in [2.75, 3.05) is 11.9 Å². The third kappa shape index (κ3) is 2.93. The molecule has 2 aromatic rings. The van der Waals surface area contributed by atoms with Crippen LogP contribution in [0.3, 0.4) is 0 Å². The van der Waals surface area contributed by atoms with Gasteiger partial charge in [0.05, 0.1) is 6.33 Å². The fourth-order valence-electron chi connectivity index (χ4n) is 1.33. The maximum atomic E-state index is 5.85. The lowest BCUT2D eigenvalue weighted by molar-refractivity contribution is 0.660. The minimum atomic E-state index is 0.408. The van der Waals surface area contributed by atoms with Crippen molar-refractivity contribution in [3.8, 4) is 0 Å². The van der Waals surface area contributed by atoms with E-state index in [2.05, 4.69) is 20.3 Å². The molecule has 0 saturated carbocycles. The molecule has 0 atom stereocenters. The van der Waals surface area contributed by atoms with Gasteiger partial charge in [0.15, 0.2) is 11.0 Å². The molecule has 2 aromatic heterocycles. The van der Waals surface area contributed by atoms with E-state index in [1.54, 1.807) is 24.9 Å². The molecular formula is C10H12ClN5. The number of imidazole rings is 1. The molecule has 84 valence electrons.